The van der Waals surface area contributed by atoms with Gasteiger partial charge in [0.05, 0.1) is 5.69 Å². The van der Waals surface area contributed by atoms with Gasteiger partial charge in [0.25, 0.3) is 5.56 Å². The topological polar surface area (TPSA) is 46.9 Å². The zero-order valence-electron chi connectivity index (χ0n) is 11.3. The van der Waals surface area contributed by atoms with Crippen molar-refractivity contribution >= 4 is 0 Å². The quantitative estimate of drug-likeness (QED) is 0.819. The lowest BCUT2D eigenvalue weighted by Gasteiger charge is -2.10. The summed E-state index contributed by atoms with van der Waals surface area (Å²) in [5.41, 5.74) is 1.75. The molecule has 0 saturated carbocycles. The first-order valence-corrected chi connectivity index (χ1v) is 6.33. The third-order valence-corrected chi connectivity index (χ3v) is 2.47. The summed E-state index contributed by atoms with van der Waals surface area (Å²) in [7, 11) is 0. The summed E-state index contributed by atoms with van der Waals surface area (Å²) < 4.78 is 1.57. The lowest BCUT2D eigenvalue weighted by Crippen LogP contribution is -2.30. The summed E-state index contributed by atoms with van der Waals surface area (Å²) in [4.78, 5) is 12.0. The highest BCUT2D eigenvalue weighted by Gasteiger charge is 2.06. The van der Waals surface area contributed by atoms with Gasteiger partial charge in [0.1, 0.15) is 0 Å². The van der Waals surface area contributed by atoms with Crippen molar-refractivity contribution in [1.29, 1.82) is 0 Å². The molecule has 0 fully saturated rings. The Morgan fingerprint density at radius 2 is 2.18 bits per heavy atom. The van der Waals surface area contributed by atoms with Crippen LogP contribution >= 0.6 is 0 Å². The minimum Gasteiger partial charge on any atom is -0.312 e. The molecule has 17 heavy (non-hydrogen) atoms. The summed E-state index contributed by atoms with van der Waals surface area (Å²) in [6, 6.07) is 1.88. The minimum atomic E-state index is 0.0358. The molecule has 0 spiro atoms. The summed E-state index contributed by atoms with van der Waals surface area (Å²) in [5.74, 6) is 0.593. The zero-order valence-corrected chi connectivity index (χ0v) is 11.3. The molecule has 0 aliphatic carbocycles. The second kappa shape index (κ2) is 6.55. The second-order valence-corrected chi connectivity index (χ2v) is 4.86. The Hall–Kier alpha value is -1.16. The standard InChI is InChI=1S/C13H23N3O/c1-5-6-16-13(17)12(7-11(4)15-16)9-14-8-10(2)3/h7,10,14H,5-6,8-9H2,1-4H3. The van der Waals surface area contributed by atoms with Crippen LogP contribution in [0.1, 0.15) is 38.4 Å². The number of hydrogen-bond donors (Lipinski definition) is 1. The normalized spacial score (nSPS) is 11.1. The van der Waals surface area contributed by atoms with Gasteiger partial charge in [-0.05, 0) is 31.9 Å². The van der Waals surface area contributed by atoms with Gasteiger partial charge in [-0.3, -0.25) is 4.79 Å². The molecular formula is C13H23N3O. The summed E-state index contributed by atoms with van der Waals surface area (Å²) >= 11 is 0. The highest BCUT2D eigenvalue weighted by molar-refractivity contribution is 5.12. The first-order valence-electron chi connectivity index (χ1n) is 6.33. The Bertz CT molecular complexity index is 410. The molecule has 0 unspecified atom stereocenters. The first-order chi connectivity index (χ1) is 8.04. The van der Waals surface area contributed by atoms with Gasteiger partial charge in [-0.15, -0.1) is 0 Å². The van der Waals surface area contributed by atoms with Gasteiger partial charge >= 0.3 is 0 Å². The molecule has 96 valence electrons. The van der Waals surface area contributed by atoms with E-state index in [1.807, 2.05) is 19.9 Å². The molecule has 0 aromatic carbocycles. The molecule has 1 aromatic rings. The van der Waals surface area contributed by atoms with Crippen molar-refractivity contribution in [2.75, 3.05) is 6.54 Å². The predicted molar refractivity (Wildman–Crippen MR) is 70.1 cm³/mol. The van der Waals surface area contributed by atoms with Gasteiger partial charge in [-0.1, -0.05) is 20.8 Å². The number of rotatable bonds is 6. The Morgan fingerprint density at radius 3 is 2.76 bits per heavy atom. The van der Waals surface area contributed by atoms with Crippen LogP contribution in [-0.4, -0.2) is 16.3 Å². The van der Waals surface area contributed by atoms with Crippen molar-refractivity contribution in [3.8, 4) is 0 Å². The van der Waals surface area contributed by atoms with E-state index in [1.54, 1.807) is 4.68 Å². The van der Waals surface area contributed by atoms with E-state index in [1.165, 1.54) is 0 Å². The lowest BCUT2D eigenvalue weighted by molar-refractivity contribution is 0.528. The average molecular weight is 237 g/mol. The van der Waals surface area contributed by atoms with E-state index in [4.69, 9.17) is 0 Å². The van der Waals surface area contributed by atoms with Gasteiger partial charge in [0, 0.05) is 18.7 Å². The minimum absolute atomic E-state index is 0.0358. The van der Waals surface area contributed by atoms with Gasteiger partial charge < -0.3 is 5.32 Å². The van der Waals surface area contributed by atoms with Crippen molar-refractivity contribution in [3.05, 3.63) is 27.7 Å². The third-order valence-electron chi connectivity index (χ3n) is 2.47. The van der Waals surface area contributed by atoms with Crippen LogP contribution in [0.15, 0.2) is 10.9 Å². The average Bonchev–Trinajstić information content (AvgIpc) is 2.24. The van der Waals surface area contributed by atoms with Crippen LogP contribution in [0.25, 0.3) is 0 Å². The second-order valence-electron chi connectivity index (χ2n) is 4.86. The molecule has 1 aromatic heterocycles. The van der Waals surface area contributed by atoms with Crippen LogP contribution in [0.5, 0.6) is 0 Å². The maximum Gasteiger partial charge on any atom is 0.271 e. The molecule has 4 heteroatoms. The fraction of sp³-hybridized carbons (Fsp3) is 0.692. The molecule has 0 aliphatic rings. The van der Waals surface area contributed by atoms with Crippen molar-refractivity contribution in [3.63, 3.8) is 0 Å². The zero-order chi connectivity index (χ0) is 12.8. The molecule has 0 saturated heterocycles. The maximum atomic E-state index is 12.0. The molecule has 0 atom stereocenters. The van der Waals surface area contributed by atoms with Crippen LogP contribution in [0.3, 0.4) is 0 Å². The summed E-state index contributed by atoms with van der Waals surface area (Å²) in [6.07, 6.45) is 0.926. The third kappa shape index (κ3) is 4.30. The number of aryl methyl sites for hydroxylation is 2. The molecule has 1 rings (SSSR count). The van der Waals surface area contributed by atoms with Gasteiger partial charge in [-0.25, -0.2) is 4.68 Å². The maximum absolute atomic E-state index is 12.0. The molecule has 1 N–H and O–H groups in total. The first kappa shape index (κ1) is 13.9. The summed E-state index contributed by atoms with van der Waals surface area (Å²) in [5, 5.41) is 7.54. The van der Waals surface area contributed by atoms with Crippen LogP contribution in [0.2, 0.25) is 0 Å². The van der Waals surface area contributed by atoms with Crippen molar-refractivity contribution in [1.82, 2.24) is 15.1 Å². The predicted octanol–water partition coefficient (Wildman–Crippen LogP) is 1.71. The fourth-order valence-electron chi connectivity index (χ4n) is 1.73. The number of aromatic nitrogens is 2. The number of hydrogen-bond acceptors (Lipinski definition) is 3. The fourth-order valence-corrected chi connectivity index (χ4v) is 1.73. The van der Waals surface area contributed by atoms with Crippen LogP contribution in [0.4, 0.5) is 0 Å². The van der Waals surface area contributed by atoms with E-state index in [2.05, 4.69) is 24.3 Å². The molecular weight excluding hydrogens is 214 g/mol. The van der Waals surface area contributed by atoms with Crippen LogP contribution in [-0.2, 0) is 13.1 Å². The Kier molecular flexibility index (Phi) is 5.35. The largest absolute Gasteiger partial charge is 0.312 e. The molecule has 0 radical (unpaired) electrons. The highest BCUT2D eigenvalue weighted by Crippen LogP contribution is 1.97. The van der Waals surface area contributed by atoms with E-state index in [0.29, 0.717) is 19.0 Å². The van der Waals surface area contributed by atoms with E-state index >= 15 is 0 Å². The van der Waals surface area contributed by atoms with Crippen molar-refractivity contribution in [2.45, 2.75) is 47.2 Å². The SMILES string of the molecule is CCCn1nc(C)cc(CNCC(C)C)c1=O. The Labute approximate surface area is 103 Å². The molecule has 0 aliphatic heterocycles. The van der Waals surface area contributed by atoms with Crippen LogP contribution in [0, 0.1) is 12.8 Å². The van der Waals surface area contributed by atoms with Gasteiger partial charge in [0.15, 0.2) is 0 Å². The Balaban J connectivity index is 2.80. The molecule has 1 heterocycles. The van der Waals surface area contributed by atoms with Crippen LogP contribution < -0.4 is 10.9 Å². The van der Waals surface area contributed by atoms with Crippen molar-refractivity contribution in [2.24, 2.45) is 5.92 Å². The van der Waals surface area contributed by atoms with Crippen molar-refractivity contribution < 1.29 is 0 Å². The lowest BCUT2D eigenvalue weighted by atomic mass is 10.2. The molecule has 0 bridgehead atoms. The number of nitrogens with one attached hydrogen (secondary N) is 1. The van der Waals surface area contributed by atoms with E-state index in [-0.39, 0.29) is 5.56 Å². The Morgan fingerprint density at radius 1 is 1.47 bits per heavy atom. The van der Waals surface area contributed by atoms with E-state index in [9.17, 15) is 4.79 Å². The molecule has 4 nitrogen and oxygen atoms in total. The van der Waals surface area contributed by atoms with Gasteiger partial charge in [-0.2, -0.15) is 5.10 Å². The smallest absolute Gasteiger partial charge is 0.271 e. The summed E-state index contributed by atoms with van der Waals surface area (Å²) in [6.45, 7) is 10.5. The van der Waals surface area contributed by atoms with E-state index in [0.717, 1.165) is 24.2 Å². The number of nitrogens with zero attached hydrogens (tertiary/aromatic N) is 2. The molecule has 0 amide bonds. The highest BCUT2D eigenvalue weighted by atomic mass is 16.1. The monoisotopic (exact) mass is 237 g/mol. The van der Waals surface area contributed by atoms with Gasteiger partial charge in [0.2, 0.25) is 0 Å². The van der Waals surface area contributed by atoms with E-state index < -0.39 is 0 Å².